The fourth-order valence-electron chi connectivity index (χ4n) is 1.42. The van der Waals surface area contributed by atoms with Gasteiger partial charge in [0.2, 0.25) is 0 Å². The van der Waals surface area contributed by atoms with Gasteiger partial charge in [-0.3, -0.25) is 4.68 Å². The molecule has 1 unspecified atom stereocenters. The predicted molar refractivity (Wildman–Crippen MR) is 45.5 cm³/mol. The van der Waals surface area contributed by atoms with Crippen molar-refractivity contribution >= 4 is 0 Å². The first kappa shape index (κ1) is 10.1. The van der Waals surface area contributed by atoms with Crippen LogP contribution in [0.2, 0.25) is 0 Å². The fourth-order valence-corrected chi connectivity index (χ4v) is 1.42. The molecule has 3 nitrogen and oxygen atoms in total. The molecule has 0 amide bonds. The number of nitrogens with two attached hydrogens (primary N) is 1. The molecule has 5 heteroatoms. The molecule has 1 heterocycles. The number of aromatic nitrogens is 2. The lowest BCUT2D eigenvalue weighted by Gasteiger charge is -2.24. The summed E-state index contributed by atoms with van der Waals surface area (Å²) in [5, 5.41) is 3.87. The third-order valence-electron chi connectivity index (χ3n) is 2.09. The molecule has 0 saturated carbocycles. The van der Waals surface area contributed by atoms with E-state index in [-0.39, 0.29) is 0 Å². The third-order valence-corrected chi connectivity index (χ3v) is 2.09. The van der Waals surface area contributed by atoms with Crippen LogP contribution in [-0.2, 0) is 12.6 Å². The van der Waals surface area contributed by atoms with Crippen LogP contribution in [0.3, 0.4) is 0 Å². The lowest BCUT2D eigenvalue weighted by Crippen LogP contribution is -2.42. The summed E-state index contributed by atoms with van der Waals surface area (Å²) >= 11 is 0. The van der Waals surface area contributed by atoms with Gasteiger partial charge in [-0.1, -0.05) is 0 Å². The van der Waals surface area contributed by atoms with Gasteiger partial charge in [0.15, 0.2) is 0 Å². The Morgan fingerprint density at radius 2 is 2.15 bits per heavy atom. The Kier molecular flexibility index (Phi) is 2.38. The number of halogens is 2. The molecular weight excluding hydrogens is 176 g/mol. The molecule has 0 radical (unpaired) electrons. The van der Waals surface area contributed by atoms with Crippen molar-refractivity contribution in [1.29, 1.82) is 0 Å². The minimum absolute atomic E-state index is 0.377. The van der Waals surface area contributed by atoms with E-state index in [9.17, 15) is 8.78 Å². The van der Waals surface area contributed by atoms with E-state index in [1.54, 1.807) is 14.0 Å². The number of hydrogen-bond donors (Lipinski definition) is 1. The van der Waals surface area contributed by atoms with Crippen molar-refractivity contribution in [2.24, 2.45) is 12.8 Å². The largest absolute Gasteiger partial charge is 0.316 e. The highest BCUT2D eigenvalue weighted by Crippen LogP contribution is 2.26. The molecular formula is C8H13F2N3. The molecule has 0 aromatic carbocycles. The van der Waals surface area contributed by atoms with Gasteiger partial charge in [-0.05, 0) is 19.4 Å². The van der Waals surface area contributed by atoms with E-state index < -0.39 is 12.0 Å². The zero-order valence-corrected chi connectivity index (χ0v) is 7.88. The van der Waals surface area contributed by atoms with E-state index in [1.165, 1.54) is 17.8 Å². The van der Waals surface area contributed by atoms with Crippen LogP contribution >= 0.6 is 0 Å². The van der Waals surface area contributed by atoms with E-state index >= 15 is 0 Å². The summed E-state index contributed by atoms with van der Waals surface area (Å²) in [5.41, 5.74) is 4.95. The molecule has 13 heavy (non-hydrogen) atoms. The van der Waals surface area contributed by atoms with E-state index in [2.05, 4.69) is 5.10 Å². The topological polar surface area (TPSA) is 43.8 Å². The van der Waals surface area contributed by atoms with Gasteiger partial charge in [0, 0.05) is 7.05 Å². The Bertz CT molecular complexity index is 285. The molecule has 1 aromatic rings. The summed E-state index contributed by atoms with van der Waals surface area (Å²) in [6, 6.07) is 0. The van der Waals surface area contributed by atoms with Crippen LogP contribution in [0.15, 0.2) is 6.20 Å². The zero-order valence-electron chi connectivity index (χ0n) is 7.88. The highest BCUT2D eigenvalue weighted by atomic mass is 19.3. The molecule has 0 aliphatic heterocycles. The minimum atomic E-state index is -2.60. The van der Waals surface area contributed by atoms with Gasteiger partial charge in [-0.2, -0.15) is 5.10 Å². The van der Waals surface area contributed by atoms with E-state index in [0.29, 0.717) is 11.3 Å². The Hall–Kier alpha value is -0.970. The van der Waals surface area contributed by atoms with Crippen molar-refractivity contribution in [2.45, 2.75) is 25.8 Å². The van der Waals surface area contributed by atoms with Crippen LogP contribution in [0.1, 0.15) is 18.2 Å². The molecule has 0 aliphatic rings. The SMILES string of the molecule is Cc1cnn(C)c1C(C)(N)C(F)F. The van der Waals surface area contributed by atoms with Crippen molar-refractivity contribution in [1.82, 2.24) is 9.78 Å². The van der Waals surface area contributed by atoms with E-state index in [4.69, 9.17) is 5.73 Å². The van der Waals surface area contributed by atoms with Crippen LogP contribution < -0.4 is 5.73 Å². The Labute approximate surface area is 75.5 Å². The monoisotopic (exact) mass is 189 g/mol. The van der Waals surface area contributed by atoms with Crippen molar-refractivity contribution in [3.05, 3.63) is 17.5 Å². The average Bonchev–Trinajstić information content (AvgIpc) is 2.30. The van der Waals surface area contributed by atoms with Gasteiger partial charge in [0.1, 0.15) is 5.54 Å². The summed E-state index contributed by atoms with van der Waals surface area (Å²) in [5.74, 6) is 0. The second kappa shape index (κ2) is 3.06. The molecule has 1 rings (SSSR count). The van der Waals surface area contributed by atoms with Crippen molar-refractivity contribution in [3.8, 4) is 0 Å². The van der Waals surface area contributed by atoms with Crippen LogP contribution in [0.25, 0.3) is 0 Å². The lowest BCUT2D eigenvalue weighted by molar-refractivity contribution is 0.0576. The first-order valence-electron chi connectivity index (χ1n) is 3.93. The normalized spacial score (nSPS) is 16.2. The smallest absolute Gasteiger partial charge is 0.261 e. The van der Waals surface area contributed by atoms with Gasteiger partial charge < -0.3 is 5.73 Å². The van der Waals surface area contributed by atoms with Gasteiger partial charge >= 0.3 is 0 Å². The second-order valence-corrected chi connectivity index (χ2v) is 3.38. The summed E-state index contributed by atoms with van der Waals surface area (Å²) < 4.78 is 26.5. The van der Waals surface area contributed by atoms with Crippen LogP contribution in [0, 0.1) is 6.92 Å². The molecule has 0 aliphatic carbocycles. The first-order valence-corrected chi connectivity index (χ1v) is 3.93. The quantitative estimate of drug-likeness (QED) is 0.758. The number of aryl methyl sites for hydroxylation is 2. The summed E-state index contributed by atoms with van der Waals surface area (Å²) in [4.78, 5) is 0. The average molecular weight is 189 g/mol. The van der Waals surface area contributed by atoms with Gasteiger partial charge in [-0.15, -0.1) is 0 Å². The maximum absolute atomic E-state index is 12.6. The fraction of sp³-hybridized carbons (Fsp3) is 0.625. The lowest BCUT2D eigenvalue weighted by atomic mass is 9.97. The third kappa shape index (κ3) is 1.56. The highest BCUT2D eigenvalue weighted by molar-refractivity contribution is 5.24. The highest BCUT2D eigenvalue weighted by Gasteiger charge is 2.36. The van der Waals surface area contributed by atoms with Crippen LogP contribution in [0.4, 0.5) is 8.78 Å². The molecule has 0 fully saturated rings. The van der Waals surface area contributed by atoms with E-state index in [1.807, 2.05) is 0 Å². The summed E-state index contributed by atoms with van der Waals surface area (Å²) in [6.07, 6.45) is -1.07. The van der Waals surface area contributed by atoms with E-state index in [0.717, 1.165) is 0 Å². The molecule has 2 N–H and O–H groups in total. The Morgan fingerprint density at radius 3 is 2.46 bits per heavy atom. The van der Waals surface area contributed by atoms with Crippen LogP contribution in [-0.4, -0.2) is 16.2 Å². The van der Waals surface area contributed by atoms with Gasteiger partial charge in [0.05, 0.1) is 11.9 Å². The molecule has 0 spiro atoms. The van der Waals surface area contributed by atoms with Gasteiger partial charge in [0.25, 0.3) is 6.43 Å². The maximum Gasteiger partial charge on any atom is 0.261 e. The Morgan fingerprint density at radius 1 is 1.62 bits per heavy atom. The standard InChI is InChI=1S/C8H13F2N3/c1-5-4-12-13(3)6(5)8(2,11)7(9)10/h4,7H,11H2,1-3H3. The Balaban J connectivity index is 3.20. The zero-order chi connectivity index (χ0) is 10.2. The number of rotatable bonds is 2. The summed E-state index contributed by atoms with van der Waals surface area (Å²) in [6.45, 7) is 3.03. The number of alkyl halides is 2. The second-order valence-electron chi connectivity index (χ2n) is 3.38. The molecule has 74 valence electrons. The minimum Gasteiger partial charge on any atom is -0.316 e. The molecule has 1 atom stereocenters. The van der Waals surface area contributed by atoms with Crippen molar-refractivity contribution in [2.75, 3.05) is 0 Å². The van der Waals surface area contributed by atoms with Crippen molar-refractivity contribution < 1.29 is 8.78 Å². The molecule has 0 saturated heterocycles. The summed E-state index contributed by atoms with van der Waals surface area (Å²) in [7, 11) is 1.61. The number of hydrogen-bond acceptors (Lipinski definition) is 2. The first-order chi connectivity index (χ1) is 5.87. The van der Waals surface area contributed by atoms with Crippen LogP contribution in [0.5, 0.6) is 0 Å². The van der Waals surface area contributed by atoms with Crippen molar-refractivity contribution in [3.63, 3.8) is 0 Å². The van der Waals surface area contributed by atoms with Gasteiger partial charge in [-0.25, -0.2) is 8.78 Å². The molecule has 1 aromatic heterocycles. The molecule has 0 bridgehead atoms. The maximum atomic E-state index is 12.6. The predicted octanol–water partition coefficient (Wildman–Crippen LogP) is 1.17. The number of nitrogens with zero attached hydrogens (tertiary/aromatic N) is 2.